The number of nitrogens with zero attached hydrogens (tertiary/aromatic N) is 1. The van der Waals surface area contributed by atoms with Crippen molar-refractivity contribution in [2.75, 3.05) is 11.9 Å². The maximum atomic E-state index is 13.8. The van der Waals surface area contributed by atoms with Crippen LogP contribution in [0, 0.1) is 5.82 Å². The molecule has 0 bridgehead atoms. The van der Waals surface area contributed by atoms with E-state index in [1.165, 1.54) is 6.07 Å². The van der Waals surface area contributed by atoms with Gasteiger partial charge in [0.1, 0.15) is 5.82 Å². The molecule has 0 spiro atoms. The van der Waals surface area contributed by atoms with Crippen LogP contribution in [-0.4, -0.2) is 28.7 Å². The Balaban J connectivity index is 2.25. The summed E-state index contributed by atoms with van der Waals surface area (Å²) in [5, 5.41) is 0.713. The van der Waals surface area contributed by atoms with Gasteiger partial charge in [-0.25, -0.2) is 4.39 Å². The first-order valence-corrected chi connectivity index (χ1v) is 7.37. The quantitative estimate of drug-likeness (QED) is 0.747. The van der Waals surface area contributed by atoms with Gasteiger partial charge in [-0.05, 0) is 40.9 Å². The third kappa shape index (κ3) is 2.88. The summed E-state index contributed by atoms with van der Waals surface area (Å²) in [5.41, 5.74) is 0.146. The topological polar surface area (TPSA) is 20.3 Å². The highest BCUT2D eigenvalue weighted by Crippen LogP contribution is 2.29. The van der Waals surface area contributed by atoms with Crippen LogP contribution in [-0.2, 0) is 0 Å². The van der Waals surface area contributed by atoms with Crippen molar-refractivity contribution >= 4 is 37.8 Å². The van der Waals surface area contributed by atoms with E-state index in [0.29, 0.717) is 22.4 Å². The summed E-state index contributed by atoms with van der Waals surface area (Å²) in [5.74, 6) is -0.691. The molecule has 1 fully saturated rings. The predicted molar refractivity (Wildman–Crippen MR) is 72.0 cm³/mol. The van der Waals surface area contributed by atoms with Crippen molar-refractivity contribution in [3.8, 4) is 0 Å². The van der Waals surface area contributed by atoms with Gasteiger partial charge in [0.05, 0.1) is 10.0 Å². The molecule has 17 heavy (non-hydrogen) atoms. The first kappa shape index (κ1) is 13.0. The molecule has 0 N–H and O–H groups in total. The number of amides is 1. The lowest BCUT2D eigenvalue weighted by molar-refractivity contribution is 0.0750. The van der Waals surface area contributed by atoms with E-state index in [0.717, 1.165) is 12.8 Å². The van der Waals surface area contributed by atoms with E-state index in [2.05, 4.69) is 31.9 Å². The minimum absolute atomic E-state index is 0.146. The standard InChI is InChI=1S/C12H12Br2FNO/c13-6-7-16(8-4-5-8)12(17)9-2-1-3-10(14)11(9)15/h1-3,8H,4-7H2. The Bertz CT molecular complexity index is 435. The zero-order valence-corrected chi connectivity index (χ0v) is 12.3. The van der Waals surface area contributed by atoms with Crippen molar-refractivity contribution < 1.29 is 9.18 Å². The maximum Gasteiger partial charge on any atom is 0.257 e. The zero-order chi connectivity index (χ0) is 12.4. The molecular weight excluding hydrogens is 353 g/mol. The van der Waals surface area contributed by atoms with Crippen LogP contribution in [0.1, 0.15) is 23.2 Å². The van der Waals surface area contributed by atoms with Gasteiger partial charge in [-0.15, -0.1) is 0 Å². The van der Waals surface area contributed by atoms with Crippen molar-refractivity contribution in [2.45, 2.75) is 18.9 Å². The molecule has 0 aromatic heterocycles. The fourth-order valence-corrected chi connectivity index (χ4v) is 2.50. The van der Waals surface area contributed by atoms with Crippen LogP contribution in [0.15, 0.2) is 22.7 Å². The number of carbonyl (C=O) groups excluding carboxylic acids is 1. The monoisotopic (exact) mass is 363 g/mol. The van der Waals surface area contributed by atoms with Gasteiger partial charge in [-0.2, -0.15) is 0 Å². The Morgan fingerprint density at radius 2 is 2.18 bits per heavy atom. The van der Waals surface area contributed by atoms with Gasteiger partial charge in [0.2, 0.25) is 0 Å². The molecule has 0 aliphatic heterocycles. The van der Waals surface area contributed by atoms with Crippen LogP contribution >= 0.6 is 31.9 Å². The van der Waals surface area contributed by atoms with Crippen LogP contribution in [0.2, 0.25) is 0 Å². The largest absolute Gasteiger partial charge is 0.335 e. The lowest BCUT2D eigenvalue weighted by Crippen LogP contribution is -2.35. The van der Waals surface area contributed by atoms with E-state index in [1.807, 2.05) is 0 Å². The van der Waals surface area contributed by atoms with Gasteiger partial charge in [-0.3, -0.25) is 4.79 Å². The highest BCUT2D eigenvalue weighted by atomic mass is 79.9. The highest BCUT2D eigenvalue weighted by molar-refractivity contribution is 9.10. The number of carbonyl (C=O) groups is 1. The predicted octanol–water partition coefficient (Wildman–Crippen LogP) is 3.59. The minimum atomic E-state index is -0.474. The summed E-state index contributed by atoms with van der Waals surface area (Å²) in [6, 6.07) is 5.10. The summed E-state index contributed by atoms with van der Waals surface area (Å²) in [6.07, 6.45) is 2.04. The second-order valence-electron chi connectivity index (χ2n) is 4.02. The Morgan fingerprint density at radius 3 is 2.76 bits per heavy atom. The Kier molecular flexibility index (Phi) is 4.20. The molecule has 1 aliphatic carbocycles. The third-order valence-electron chi connectivity index (χ3n) is 2.76. The summed E-state index contributed by atoms with van der Waals surface area (Å²) in [6.45, 7) is 0.620. The molecule has 1 amide bonds. The van der Waals surface area contributed by atoms with E-state index in [4.69, 9.17) is 0 Å². The van der Waals surface area contributed by atoms with Gasteiger partial charge < -0.3 is 4.90 Å². The molecule has 1 aromatic rings. The third-order valence-corrected chi connectivity index (χ3v) is 3.72. The lowest BCUT2D eigenvalue weighted by Gasteiger charge is -2.21. The normalized spacial score (nSPS) is 14.8. The lowest BCUT2D eigenvalue weighted by atomic mass is 10.2. The van der Waals surface area contributed by atoms with E-state index in [1.54, 1.807) is 17.0 Å². The van der Waals surface area contributed by atoms with Crippen molar-refractivity contribution in [1.29, 1.82) is 0 Å². The number of hydrogen-bond acceptors (Lipinski definition) is 1. The molecule has 0 saturated heterocycles. The smallest absolute Gasteiger partial charge is 0.257 e. The first-order valence-electron chi connectivity index (χ1n) is 5.46. The Labute approximate surface area is 116 Å². The second kappa shape index (κ2) is 5.48. The van der Waals surface area contributed by atoms with Gasteiger partial charge >= 0.3 is 0 Å². The van der Waals surface area contributed by atoms with E-state index in [9.17, 15) is 9.18 Å². The van der Waals surface area contributed by atoms with Crippen molar-refractivity contribution in [2.24, 2.45) is 0 Å². The molecule has 92 valence electrons. The van der Waals surface area contributed by atoms with Gasteiger partial charge in [0, 0.05) is 17.9 Å². The van der Waals surface area contributed by atoms with Crippen LogP contribution in [0.5, 0.6) is 0 Å². The SMILES string of the molecule is O=C(c1cccc(Br)c1F)N(CCBr)C1CC1. The van der Waals surface area contributed by atoms with Crippen LogP contribution in [0.4, 0.5) is 4.39 Å². The van der Waals surface area contributed by atoms with Crippen molar-refractivity contribution in [3.63, 3.8) is 0 Å². The molecule has 2 nitrogen and oxygen atoms in total. The number of halogens is 3. The molecule has 5 heteroatoms. The average Bonchev–Trinajstić information content (AvgIpc) is 3.13. The van der Waals surface area contributed by atoms with Crippen LogP contribution in [0.25, 0.3) is 0 Å². The van der Waals surface area contributed by atoms with E-state index in [-0.39, 0.29) is 11.5 Å². The number of benzene rings is 1. The van der Waals surface area contributed by atoms with Crippen LogP contribution in [0.3, 0.4) is 0 Å². The fraction of sp³-hybridized carbons (Fsp3) is 0.417. The molecule has 2 rings (SSSR count). The maximum absolute atomic E-state index is 13.8. The Morgan fingerprint density at radius 1 is 1.47 bits per heavy atom. The van der Waals surface area contributed by atoms with Gasteiger partial charge in [0.15, 0.2) is 0 Å². The molecular formula is C12H12Br2FNO. The average molecular weight is 365 g/mol. The highest BCUT2D eigenvalue weighted by Gasteiger charge is 2.33. The number of rotatable bonds is 4. The summed E-state index contributed by atoms with van der Waals surface area (Å²) < 4.78 is 14.2. The molecule has 0 heterocycles. The molecule has 0 unspecified atom stereocenters. The summed E-state index contributed by atoms with van der Waals surface area (Å²) in [7, 11) is 0. The van der Waals surface area contributed by atoms with E-state index < -0.39 is 5.82 Å². The van der Waals surface area contributed by atoms with Crippen molar-refractivity contribution in [1.82, 2.24) is 4.90 Å². The number of alkyl halides is 1. The van der Waals surface area contributed by atoms with E-state index >= 15 is 0 Å². The summed E-state index contributed by atoms with van der Waals surface area (Å²) >= 11 is 6.42. The van der Waals surface area contributed by atoms with Gasteiger partial charge in [-0.1, -0.05) is 22.0 Å². The fourth-order valence-electron chi connectivity index (χ4n) is 1.75. The minimum Gasteiger partial charge on any atom is -0.335 e. The first-order chi connectivity index (χ1) is 8.15. The van der Waals surface area contributed by atoms with Crippen LogP contribution < -0.4 is 0 Å². The molecule has 0 radical (unpaired) electrons. The summed E-state index contributed by atoms with van der Waals surface area (Å²) in [4.78, 5) is 14.0. The molecule has 0 atom stereocenters. The number of hydrogen-bond donors (Lipinski definition) is 0. The second-order valence-corrected chi connectivity index (χ2v) is 5.67. The molecule has 1 saturated carbocycles. The molecule has 1 aromatic carbocycles. The van der Waals surface area contributed by atoms with Gasteiger partial charge in [0.25, 0.3) is 5.91 Å². The van der Waals surface area contributed by atoms with Crippen molar-refractivity contribution in [3.05, 3.63) is 34.1 Å². The Hall–Kier alpha value is -0.420. The molecule has 1 aliphatic rings. The zero-order valence-electron chi connectivity index (χ0n) is 9.13.